The zero-order valence-electron chi connectivity index (χ0n) is 20.1. The van der Waals surface area contributed by atoms with Crippen molar-refractivity contribution in [3.63, 3.8) is 0 Å². The Balaban J connectivity index is 1.40. The van der Waals surface area contributed by atoms with Crippen LogP contribution in [0.15, 0.2) is 88.5 Å². The van der Waals surface area contributed by atoms with Gasteiger partial charge in [-0.15, -0.1) is 0 Å². The van der Waals surface area contributed by atoms with Gasteiger partial charge >= 0.3 is 5.69 Å². The molecule has 1 amide bonds. The van der Waals surface area contributed by atoms with Gasteiger partial charge in [-0.3, -0.25) is 18.7 Å². The largest absolute Gasteiger partial charge is 0.356 e. The molecule has 0 bridgehead atoms. The fourth-order valence-electron chi connectivity index (χ4n) is 4.23. The van der Waals surface area contributed by atoms with Gasteiger partial charge in [-0.25, -0.2) is 4.79 Å². The van der Waals surface area contributed by atoms with E-state index in [1.165, 1.54) is 10.1 Å². The number of nitrogens with zero attached hydrogens (tertiary/aromatic N) is 2. The number of fused-ring (bicyclic) bond motifs is 1. The van der Waals surface area contributed by atoms with Crippen molar-refractivity contribution in [2.45, 2.75) is 45.7 Å². The molecule has 0 aliphatic carbocycles. The van der Waals surface area contributed by atoms with Crippen molar-refractivity contribution in [1.82, 2.24) is 14.5 Å². The van der Waals surface area contributed by atoms with Crippen LogP contribution in [0.2, 0.25) is 0 Å². The molecule has 0 radical (unpaired) electrons. The number of carbonyl (C=O) groups excluding carboxylic acids is 1. The molecule has 0 unspecified atom stereocenters. The Morgan fingerprint density at radius 3 is 2.29 bits per heavy atom. The van der Waals surface area contributed by atoms with E-state index in [2.05, 4.69) is 5.32 Å². The van der Waals surface area contributed by atoms with Gasteiger partial charge in [0.15, 0.2) is 0 Å². The van der Waals surface area contributed by atoms with E-state index < -0.39 is 0 Å². The maximum absolute atomic E-state index is 13.3. The Morgan fingerprint density at radius 2 is 1.51 bits per heavy atom. The molecule has 1 heterocycles. The Kier molecular flexibility index (Phi) is 7.93. The number of hydrogen-bond acceptors (Lipinski definition) is 3. The van der Waals surface area contributed by atoms with Crippen molar-refractivity contribution in [3.8, 4) is 0 Å². The molecule has 180 valence electrons. The quantitative estimate of drug-likeness (QED) is 0.356. The lowest BCUT2D eigenvalue weighted by molar-refractivity contribution is -0.121. The summed E-state index contributed by atoms with van der Waals surface area (Å²) in [5.74, 6) is -0.0106. The summed E-state index contributed by atoms with van der Waals surface area (Å²) in [7, 11) is 0. The summed E-state index contributed by atoms with van der Waals surface area (Å²) < 4.78 is 2.97. The van der Waals surface area contributed by atoms with Crippen LogP contribution in [0.3, 0.4) is 0 Å². The Hall–Kier alpha value is -3.93. The van der Waals surface area contributed by atoms with Crippen molar-refractivity contribution >= 4 is 16.8 Å². The van der Waals surface area contributed by atoms with Crippen molar-refractivity contribution in [2.75, 3.05) is 6.54 Å². The maximum Gasteiger partial charge on any atom is 0.331 e. The van der Waals surface area contributed by atoms with Crippen molar-refractivity contribution in [1.29, 1.82) is 0 Å². The zero-order chi connectivity index (χ0) is 24.6. The van der Waals surface area contributed by atoms with Gasteiger partial charge in [-0.2, -0.15) is 0 Å². The van der Waals surface area contributed by atoms with Gasteiger partial charge < -0.3 is 5.32 Å². The molecule has 3 aromatic carbocycles. The molecular formula is C29H31N3O3. The summed E-state index contributed by atoms with van der Waals surface area (Å²) in [6, 6.07) is 25.3. The lowest BCUT2D eigenvalue weighted by Crippen LogP contribution is -2.40. The molecule has 35 heavy (non-hydrogen) atoms. The number of amides is 1. The molecule has 1 aromatic heterocycles. The van der Waals surface area contributed by atoms with Gasteiger partial charge in [-0.05, 0) is 49.4 Å². The van der Waals surface area contributed by atoms with Crippen molar-refractivity contribution < 1.29 is 4.79 Å². The third-order valence-corrected chi connectivity index (χ3v) is 6.21. The van der Waals surface area contributed by atoms with Gasteiger partial charge in [0.1, 0.15) is 0 Å². The van der Waals surface area contributed by atoms with E-state index in [0.29, 0.717) is 43.3 Å². The second-order valence-electron chi connectivity index (χ2n) is 8.87. The van der Waals surface area contributed by atoms with E-state index >= 15 is 0 Å². The van der Waals surface area contributed by atoms with Crippen LogP contribution in [0.5, 0.6) is 0 Å². The lowest BCUT2D eigenvalue weighted by atomic mass is 10.1. The minimum atomic E-state index is -0.318. The van der Waals surface area contributed by atoms with Crippen molar-refractivity contribution in [3.05, 3.63) is 116 Å². The summed E-state index contributed by atoms with van der Waals surface area (Å²) in [6.45, 7) is 3.29. The molecular weight excluding hydrogens is 438 g/mol. The number of hydrogen-bond donors (Lipinski definition) is 1. The first-order chi connectivity index (χ1) is 17.0. The summed E-state index contributed by atoms with van der Waals surface area (Å²) in [5.41, 5.74) is 3.38. The summed E-state index contributed by atoms with van der Waals surface area (Å²) in [4.78, 5) is 38.6. The zero-order valence-corrected chi connectivity index (χ0v) is 20.1. The third-order valence-electron chi connectivity index (χ3n) is 6.21. The number of benzene rings is 3. The highest BCUT2D eigenvalue weighted by molar-refractivity contribution is 5.78. The van der Waals surface area contributed by atoms with Crippen LogP contribution in [0, 0.1) is 6.92 Å². The second-order valence-corrected chi connectivity index (χ2v) is 8.87. The molecule has 0 fully saturated rings. The van der Waals surface area contributed by atoms with E-state index in [-0.39, 0.29) is 23.7 Å². The highest BCUT2D eigenvalue weighted by atomic mass is 16.2. The first kappa shape index (κ1) is 24.2. The van der Waals surface area contributed by atoms with Crippen molar-refractivity contribution in [2.24, 2.45) is 0 Å². The first-order valence-corrected chi connectivity index (χ1v) is 12.1. The van der Waals surface area contributed by atoms with Gasteiger partial charge in [0, 0.05) is 19.5 Å². The monoisotopic (exact) mass is 469 g/mol. The van der Waals surface area contributed by atoms with Gasteiger partial charge in [0.25, 0.3) is 5.56 Å². The molecule has 4 rings (SSSR count). The molecule has 0 spiro atoms. The average molecular weight is 470 g/mol. The molecule has 0 aliphatic rings. The topological polar surface area (TPSA) is 73.1 Å². The smallest absolute Gasteiger partial charge is 0.331 e. The van der Waals surface area contributed by atoms with Crippen LogP contribution in [-0.2, 0) is 24.3 Å². The third kappa shape index (κ3) is 6.15. The van der Waals surface area contributed by atoms with E-state index in [0.717, 1.165) is 17.5 Å². The summed E-state index contributed by atoms with van der Waals surface area (Å²) in [5, 5.41) is 3.47. The van der Waals surface area contributed by atoms with Crippen LogP contribution >= 0.6 is 0 Å². The number of para-hydroxylation sites is 1. The van der Waals surface area contributed by atoms with E-state index in [1.807, 2.05) is 79.7 Å². The Morgan fingerprint density at radius 1 is 0.800 bits per heavy atom. The van der Waals surface area contributed by atoms with Gasteiger partial charge in [-0.1, -0.05) is 72.3 Å². The van der Waals surface area contributed by atoms with E-state index in [1.54, 1.807) is 10.6 Å². The number of nitrogens with one attached hydrogen (secondary N) is 1. The predicted octanol–water partition coefficient (Wildman–Crippen LogP) is 4.05. The van der Waals surface area contributed by atoms with Crippen LogP contribution in [0.25, 0.3) is 10.9 Å². The average Bonchev–Trinajstić information content (AvgIpc) is 2.88. The molecule has 1 N–H and O–H groups in total. The standard InChI is InChI=1S/C29H31N3O3/c1-22-14-16-24(17-15-22)21-32-26-12-6-5-11-25(26)28(34)31(29(32)35)20-8-7-13-27(33)30-19-18-23-9-3-2-4-10-23/h2-6,9-12,14-17H,7-8,13,18-21H2,1H3,(H,30,33). The number of unbranched alkanes of at least 4 members (excludes halogenated alkanes) is 1. The number of rotatable bonds is 10. The molecule has 0 saturated heterocycles. The predicted molar refractivity (Wildman–Crippen MR) is 140 cm³/mol. The minimum absolute atomic E-state index is 0.0106. The second kappa shape index (κ2) is 11.5. The Labute approximate surface area is 204 Å². The van der Waals surface area contributed by atoms with Gasteiger partial charge in [0.2, 0.25) is 5.91 Å². The molecule has 0 aliphatic heterocycles. The molecule has 4 aromatic rings. The fraction of sp³-hybridized carbons (Fsp3) is 0.276. The summed E-state index contributed by atoms with van der Waals surface area (Å²) in [6.07, 6.45) is 2.34. The van der Waals surface area contributed by atoms with E-state index in [9.17, 15) is 14.4 Å². The maximum atomic E-state index is 13.3. The number of aryl methyl sites for hydroxylation is 1. The SMILES string of the molecule is Cc1ccc(Cn2c(=O)n(CCCCC(=O)NCCc3ccccc3)c(=O)c3ccccc32)cc1. The van der Waals surface area contributed by atoms with Crippen LogP contribution in [0.4, 0.5) is 0 Å². The highest BCUT2D eigenvalue weighted by Gasteiger charge is 2.13. The number of aromatic nitrogens is 2. The highest BCUT2D eigenvalue weighted by Crippen LogP contribution is 2.11. The minimum Gasteiger partial charge on any atom is -0.356 e. The molecule has 6 heteroatoms. The van der Waals surface area contributed by atoms with Gasteiger partial charge in [0.05, 0.1) is 17.4 Å². The fourth-order valence-corrected chi connectivity index (χ4v) is 4.23. The molecule has 6 nitrogen and oxygen atoms in total. The van der Waals surface area contributed by atoms with Crippen LogP contribution in [0.1, 0.15) is 36.0 Å². The van der Waals surface area contributed by atoms with E-state index in [4.69, 9.17) is 0 Å². The normalized spacial score (nSPS) is 11.0. The molecule has 0 atom stereocenters. The summed E-state index contributed by atoms with van der Waals surface area (Å²) >= 11 is 0. The van der Waals surface area contributed by atoms with Crippen LogP contribution < -0.4 is 16.6 Å². The van der Waals surface area contributed by atoms with Crippen LogP contribution in [-0.4, -0.2) is 21.6 Å². The first-order valence-electron chi connectivity index (χ1n) is 12.1. The molecule has 0 saturated carbocycles. The number of carbonyl (C=O) groups is 1. The lowest BCUT2D eigenvalue weighted by Gasteiger charge is -2.14. The Bertz CT molecular complexity index is 1400.